The molecule has 0 bridgehead atoms. The summed E-state index contributed by atoms with van der Waals surface area (Å²) in [7, 11) is 0. The van der Waals surface area contributed by atoms with E-state index in [0.29, 0.717) is 24.2 Å². The van der Waals surface area contributed by atoms with Crippen molar-refractivity contribution in [1.29, 1.82) is 0 Å². The highest BCUT2D eigenvalue weighted by molar-refractivity contribution is 5.91. The third-order valence-electron chi connectivity index (χ3n) is 4.77. The van der Waals surface area contributed by atoms with Crippen LogP contribution in [0, 0.1) is 13.8 Å². The molecule has 134 valence electrons. The van der Waals surface area contributed by atoms with Gasteiger partial charge in [-0.15, -0.1) is 0 Å². The second-order valence-electron chi connectivity index (χ2n) is 7.11. The summed E-state index contributed by atoms with van der Waals surface area (Å²) in [5.41, 5.74) is -1.43. The van der Waals surface area contributed by atoms with Gasteiger partial charge in [0.1, 0.15) is 22.7 Å². The number of hydrogen-bond acceptors (Lipinski definition) is 4. The molecule has 1 aromatic heterocycles. The van der Waals surface area contributed by atoms with Gasteiger partial charge in [-0.25, -0.2) is 0 Å². The lowest BCUT2D eigenvalue weighted by Gasteiger charge is -2.37. The van der Waals surface area contributed by atoms with Gasteiger partial charge in [-0.2, -0.15) is 0 Å². The molecule has 0 radical (unpaired) electrons. The molecule has 1 atom stereocenters. The van der Waals surface area contributed by atoms with Gasteiger partial charge in [0.2, 0.25) is 11.8 Å². The first-order chi connectivity index (χ1) is 11.2. The molecule has 1 fully saturated rings. The molecule has 1 heterocycles. The van der Waals surface area contributed by atoms with Crippen LogP contribution in [0.3, 0.4) is 0 Å². The van der Waals surface area contributed by atoms with E-state index in [1.807, 2.05) is 6.92 Å². The minimum absolute atomic E-state index is 0.0625. The Bertz CT molecular complexity index is 613. The number of rotatable bonds is 5. The highest BCUT2D eigenvalue weighted by Gasteiger charge is 2.41. The zero-order valence-electron chi connectivity index (χ0n) is 15.0. The van der Waals surface area contributed by atoms with Gasteiger partial charge in [-0.3, -0.25) is 9.59 Å². The van der Waals surface area contributed by atoms with Crippen LogP contribution in [0.5, 0.6) is 0 Å². The van der Waals surface area contributed by atoms with Crippen LogP contribution < -0.4 is 10.6 Å². The summed E-state index contributed by atoms with van der Waals surface area (Å²) in [4.78, 5) is 24.3. The number of aryl methyl sites for hydroxylation is 2. The maximum absolute atomic E-state index is 12.8. The summed E-state index contributed by atoms with van der Waals surface area (Å²) in [5, 5.41) is 16.4. The van der Waals surface area contributed by atoms with E-state index >= 15 is 0 Å². The van der Waals surface area contributed by atoms with Crippen molar-refractivity contribution in [3.63, 3.8) is 0 Å². The van der Waals surface area contributed by atoms with Crippen molar-refractivity contribution < 1.29 is 19.1 Å². The van der Waals surface area contributed by atoms with Gasteiger partial charge in [0.25, 0.3) is 0 Å². The topological polar surface area (TPSA) is 91.6 Å². The summed E-state index contributed by atoms with van der Waals surface area (Å²) in [6.07, 6.45) is 4.14. The molecule has 2 rings (SSSR count). The molecule has 0 aliphatic heterocycles. The SMILES string of the molecule is CC(=O)NC1(C(=O)NC[C@@](C)(O)c2cc(C)oc2C)CCCCC1. The van der Waals surface area contributed by atoms with Crippen LogP contribution in [0.4, 0.5) is 0 Å². The van der Waals surface area contributed by atoms with Crippen molar-refractivity contribution in [2.45, 2.75) is 70.9 Å². The number of hydrogen-bond donors (Lipinski definition) is 3. The molecule has 24 heavy (non-hydrogen) atoms. The lowest BCUT2D eigenvalue weighted by Crippen LogP contribution is -2.60. The van der Waals surface area contributed by atoms with E-state index in [1.54, 1.807) is 19.9 Å². The zero-order chi connectivity index (χ0) is 18.0. The fourth-order valence-corrected chi connectivity index (χ4v) is 3.58. The molecular formula is C18H28N2O4. The quantitative estimate of drug-likeness (QED) is 0.767. The van der Waals surface area contributed by atoms with E-state index in [4.69, 9.17) is 4.42 Å². The van der Waals surface area contributed by atoms with Crippen molar-refractivity contribution in [3.05, 3.63) is 23.2 Å². The zero-order valence-corrected chi connectivity index (χ0v) is 15.0. The molecule has 3 N–H and O–H groups in total. The van der Waals surface area contributed by atoms with Crippen LogP contribution >= 0.6 is 0 Å². The Kier molecular flexibility index (Phi) is 5.38. The molecule has 2 amide bonds. The minimum Gasteiger partial charge on any atom is -0.466 e. The third-order valence-corrected chi connectivity index (χ3v) is 4.77. The molecule has 1 aliphatic carbocycles. The molecule has 0 aromatic carbocycles. The molecule has 0 unspecified atom stereocenters. The largest absolute Gasteiger partial charge is 0.466 e. The number of carbonyl (C=O) groups excluding carboxylic acids is 2. The van der Waals surface area contributed by atoms with Gasteiger partial charge in [0.05, 0.1) is 6.54 Å². The predicted molar refractivity (Wildman–Crippen MR) is 90.4 cm³/mol. The van der Waals surface area contributed by atoms with Crippen LogP contribution in [-0.2, 0) is 15.2 Å². The monoisotopic (exact) mass is 336 g/mol. The summed E-state index contributed by atoms with van der Waals surface area (Å²) in [5.74, 6) is 0.924. The summed E-state index contributed by atoms with van der Waals surface area (Å²) in [6, 6.07) is 1.78. The average Bonchev–Trinajstić information content (AvgIpc) is 2.84. The molecule has 1 aromatic rings. The Balaban J connectivity index is 2.09. The number of amides is 2. The number of carbonyl (C=O) groups is 2. The van der Waals surface area contributed by atoms with Crippen LogP contribution in [-0.4, -0.2) is 29.0 Å². The Labute approximate surface area is 143 Å². The van der Waals surface area contributed by atoms with Crippen molar-refractivity contribution in [2.24, 2.45) is 0 Å². The smallest absolute Gasteiger partial charge is 0.245 e. The van der Waals surface area contributed by atoms with Gasteiger partial charge in [0.15, 0.2) is 0 Å². The molecule has 6 heteroatoms. The van der Waals surface area contributed by atoms with E-state index in [1.165, 1.54) is 6.92 Å². The van der Waals surface area contributed by atoms with E-state index in [9.17, 15) is 14.7 Å². The number of nitrogens with one attached hydrogen (secondary N) is 2. The lowest BCUT2D eigenvalue weighted by atomic mass is 9.80. The lowest BCUT2D eigenvalue weighted by molar-refractivity contribution is -0.135. The van der Waals surface area contributed by atoms with Crippen LogP contribution in [0.15, 0.2) is 10.5 Å². The maximum Gasteiger partial charge on any atom is 0.245 e. The van der Waals surface area contributed by atoms with Gasteiger partial charge < -0.3 is 20.2 Å². The van der Waals surface area contributed by atoms with Gasteiger partial charge in [-0.1, -0.05) is 19.3 Å². The second kappa shape index (κ2) is 6.97. The molecule has 6 nitrogen and oxygen atoms in total. The molecular weight excluding hydrogens is 308 g/mol. The predicted octanol–water partition coefficient (Wildman–Crippen LogP) is 2.06. The van der Waals surface area contributed by atoms with E-state index in [-0.39, 0.29) is 18.4 Å². The van der Waals surface area contributed by atoms with Crippen LogP contribution in [0.1, 0.15) is 63.0 Å². The summed E-state index contributed by atoms with van der Waals surface area (Å²) >= 11 is 0. The summed E-state index contributed by atoms with van der Waals surface area (Å²) in [6.45, 7) is 6.75. The number of furan rings is 1. The average molecular weight is 336 g/mol. The standard InChI is InChI=1S/C18H28N2O4/c1-12-10-15(13(2)24-12)17(4,23)11-19-16(22)18(20-14(3)21)8-6-5-7-9-18/h10,23H,5-9,11H2,1-4H3,(H,19,22)(H,20,21)/t17-/m1/s1. The van der Waals surface area contributed by atoms with Gasteiger partial charge in [-0.05, 0) is 39.7 Å². The fourth-order valence-electron chi connectivity index (χ4n) is 3.58. The third kappa shape index (κ3) is 3.98. The van der Waals surface area contributed by atoms with Crippen LogP contribution in [0.25, 0.3) is 0 Å². The normalized spacial score (nSPS) is 19.4. The van der Waals surface area contributed by atoms with Crippen molar-refractivity contribution >= 4 is 11.8 Å². The van der Waals surface area contributed by atoms with Crippen molar-refractivity contribution in [3.8, 4) is 0 Å². The first-order valence-electron chi connectivity index (χ1n) is 8.53. The van der Waals surface area contributed by atoms with Crippen LogP contribution in [0.2, 0.25) is 0 Å². The second-order valence-corrected chi connectivity index (χ2v) is 7.11. The molecule has 0 saturated heterocycles. The first kappa shape index (κ1) is 18.5. The van der Waals surface area contributed by atoms with E-state index < -0.39 is 11.1 Å². The molecule has 0 spiro atoms. The van der Waals surface area contributed by atoms with Gasteiger partial charge in [0, 0.05) is 12.5 Å². The molecule has 1 saturated carbocycles. The highest BCUT2D eigenvalue weighted by atomic mass is 16.3. The first-order valence-corrected chi connectivity index (χ1v) is 8.53. The maximum atomic E-state index is 12.8. The fraction of sp³-hybridized carbons (Fsp3) is 0.667. The molecule has 1 aliphatic rings. The highest BCUT2D eigenvalue weighted by Crippen LogP contribution is 2.30. The van der Waals surface area contributed by atoms with Crippen molar-refractivity contribution in [1.82, 2.24) is 10.6 Å². The Hall–Kier alpha value is -1.82. The van der Waals surface area contributed by atoms with E-state index in [0.717, 1.165) is 25.0 Å². The minimum atomic E-state index is -1.23. The van der Waals surface area contributed by atoms with E-state index in [2.05, 4.69) is 10.6 Å². The van der Waals surface area contributed by atoms with Gasteiger partial charge >= 0.3 is 0 Å². The number of aliphatic hydroxyl groups is 1. The summed E-state index contributed by atoms with van der Waals surface area (Å²) < 4.78 is 5.47. The Morgan fingerprint density at radius 3 is 2.42 bits per heavy atom. The Morgan fingerprint density at radius 1 is 1.29 bits per heavy atom. The Morgan fingerprint density at radius 2 is 1.92 bits per heavy atom. The van der Waals surface area contributed by atoms with Crippen molar-refractivity contribution in [2.75, 3.05) is 6.54 Å².